The van der Waals surface area contributed by atoms with E-state index in [0.29, 0.717) is 27.8 Å². The lowest BCUT2D eigenvalue weighted by atomic mass is 10.2. The van der Waals surface area contributed by atoms with Gasteiger partial charge in [0.05, 0.1) is 22.1 Å². The number of carbonyl (C=O) groups is 1. The highest BCUT2D eigenvalue weighted by molar-refractivity contribution is 9.10. The van der Waals surface area contributed by atoms with Gasteiger partial charge in [-0.3, -0.25) is 9.48 Å². The first kappa shape index (κ1) is 13.9. The molecule has 0 aliphatic carbocycles. The minimum absolute atomic E-state index is 0.313. The van der Waals surface area contributed by atoms with Gasteiger partial charge in [-0.1, -0.05) is 27.5 Å². The van der Waals surface area contributed by atoms with Crippen LogP contribution in [0.2, 0.25) is 5.02 Å². The number of carbonyl (C=O) groups excluding carboxylic acids is 1. The number of amides is 1. The number of nitrogens with two attached hydrogens (primary N) is 1. The quantitative estimate of drug-likeness (QED) is 0.880. The van der Waals surface area contributed by atoms with Gasteiger partial charge in [-0.15, -0.1) is 0 Å². The van der Waals surface area contributed by atoms with E-state index in [4.69, 9.17) is 17.3 Å². The number of anilines is 2. The Bertz CT molecular complexity index is 653. The molecule has 0 bridgehead atoms. The van der Waals surface area contributed by atoms with Gasteiger partial charge in [0, 0.05) is 11.5 Å². The van der Waals surface area contributed by atoms with Gasteiger partial charge in [-0.25, -0.2) is 0 Å². The molecule has 0 aliphatic rings. The Morgan fingerprint density at radius 3 is 2.79 bits per heavy atom. The van der Waals surface area contributed by atoms with Crippen molar-refractivity contribution < 1.29 is 4.79 Å². The lowest BCUT2D eigenvalue weighted by molar-refractivity contribution is 0.101. The summed E-state index contributed by atoms with van der Waals surface area (Å²) < 4.78 is 2.27. The number of aryl methyl sites for hydroxylation is 2. The maximum atomic E-state index is 12.2. The third kappa shape index (κ3) is 2.74. The second kappa shape index (κ2) is 5.22. The molecule has 2 aromatic rings. The van der Waals surface area contributed by atoms with Gasteiger partial charge < -0.3 is 11.1 Å². The zero-order valence-corrected chi connectivity index (χ0v) is 12.7. The van der Waals surface area contributed by atoms with Crippen LogP contribution in [0.5, 0.6) is 0 Å². The van der Waals surface area contributed by atoms with Crippen molar-refractivity contribution in [1.82, 2.24) is 9.78 Å². The fraction of sp³-hybridized carbons (Fsp3) is 0.167. The van der Waals surface area contributed by atoms with Gasteiger partial charge in [0.25, 0.3) is 5.91 Å². The van der Waals surface area contributed by atoms with E-state index in [1.54, 1.807) is 32.2 Å². The maximum absolute atomic E-state index is 12.2. The molecule has 19 heavy (non-hydrogen) atoms. The number of nitrogens with zero attached hydrogens (tertiary/aromatic N) is 2. The Morgan fingerprint density at radius 2 is 2.21 bits per heavy atom. The molecule has 1 amide bonds. The molecule has 0 saturated carbocycles. The maximum Gasteiger partial charge on any atom is 0.276 e. The number of nitrogen functional groups attached to an aromatic ring is 1. The molecule has 1 aromatic heterocycles. The third-order valence-corrected chi connectivity index (χ3v) is 3.48. The number of nitrogens with one attached hydrogen (secondary N) is 1. The number of halogens is 2. The van der Waals surface area contributed by atoms with Gasteiger partial charge in [-0.05, 0) is 25.1 Å². The Labute approximate surface area is 123 Å². The molecule has 0 unspecified atom stereocenters. The van der Waals surface area contributed by atoms with Crippen LogP contribution in [0.3, 0.4) is 0 Å². The van der Waals surface area contributed by atoms with Crippen molar-refractivity contribution in [2.24, 2.45) is 7.05 Å². The number of hydrogen-bond acceptors (Lipinski definition) is 3. The minimum Gasteiger partial charge on any atom is -0.395 e. The fourth-order valence-corrected chi connectivity index (χ4v) is 2.24. The van der Waals surface area contributed by atoms with E-state index in [9.17, 15) is 4.79 Å². The first-order chi connectivity index (χ1) is 8.90. The van der Waals surface area contributed by atoms with Crippen LogP contribution in [0, 0.1) is 6.92 Å². The van der Waals surface area contributed by atoms with Crippen molar-refractivity contribution in [3.63, 3.8) is 0 Å². The Kier molecular flexibility index (Phi) is 3.82. The molecule has 1 heterocycles. The molecule has 7 heteroatoms. The molecule has 0 spiro atoms. The van der Waals surface area contributed by atoms with E-state index >= 15 is 0 Å². The molecule has 0 saturated heterocycles. The largest absolute Gasteiger partial charge is 0.395 e. The van der Waals surface area contributed by atoms with Crippen LogP contribution < -0.4 is 11.1 Å². The van der Waals surface area contributed by atoms with Crippen molar-refractivity contribution in [3.05, 3.63) is 39.1 Å². The average molecular weight is 344 g/mol. The van der Waals surface area contributed by atoms with Crippen molar-refractivity contribution in [2.75, 3.05) is 11.1 Å². The van der Waals surface area contributed by atoms with Gasteiger partial charge in [0.1, 0.15) is 5.69 Å². The molecule has 0 atom stereocenters. The lowest BCUT2D eigenvalue weighted by Gasteiger charge is -2.08. The summed E-state index contributed by atoms with van der Waals surface area (Å²) in [5, 5.41) is 7.28. The summed E-state index contributed by atoms with van der Waals surface area (Å²) >= 11 is 9.35. The topological polar surface area (TPSA) is 72.9 Å². The molecule has 3 N–H and O–H groups in total. The normalized spacial score (nSPS) is 10.5. The van der Waals surface area contributed by atoms with Crippen LogP contribution in [0.1, 0.15) is 16.2 Å². The highest BCUT2D eigenvalue weighted by Crippen LogP contribution is 2.27. The first-order valence-electron chi connectivity index (χ1n) is 5.45. The molecule has 1 aromatic carbocycles. The monoisotopic (exact) mass is 342 g/mol. The van der Waals surface area contributed by atoms with Crippen LogP contribution >= 0.6 is 27.5 Å². The molecular formula is C12H12BrClN4O. The summed E-state index contributed by atoms with van der Waals surface area (Å²) in [5.41, 5.74) is 7.65. The predicted octanol–water partition coefficient (Wildman–Crippen LogP) is 2.98. The summed E-state index contributed by atoms with van der Waals surface area (Å²) in [6, 6.07) is 5.21. The molecular weight excluding hydrogens is 332 g/mol. The van der Waals surface area contributed by atoms with Gasteiger partial charge in [0.2, 0.25) is 0 Å². The summed E-state index contributed by atoms with van der Waals surface area (Å²) in [5.74, 6) is -0.347. The standard InChI is InChI=1S/C12H12BrClN4O/c1-6-10(15)11(18(2)17-6)12(19)16-9-5-7(13)3-4-8(9)14/h3-5H,15H2,1-2H3,(H,16,19). The Balaban J connectivity index is 2.33. The van der Waals surface area contributed by atoms with Crippen LogP contribution in [0.15, 0.2) is 22.7 Å². The van der Waals surface area contributed by atoms with Crippen LogP contribution in [-0.2, 0) is 7.05 Å². The zero-order chi connectivity index (χ0) is 14.2. The van der Waals surface area contributed by atoms with E-state index in [2.05, 4.69) is 26.3 Å². The summed E-state index contributed by atoms with van der Waals surface area (Å²) in [6.45, 7) is 1.75. The van der Waals surface area contributed by atoms with Crippen LogP contribution in [0.25, 0.3) is 0 Å². The predicted molar refractivity (Wildman–Crippen MR) is 79.5 cm³/mol. The average Bonchev–Trinajstić information content (AvgIpc) is 2.58. The Hall–Kier alpha value is -1.53. The number of aromatic nitrogens is 2. The van der Waals surface area contributed by atoms with Crippen LogP contribution in [-0.4, -0.2) is 15.7 Å². The van der Waals surface area contributed by atoms with Crippen molar-refractivity contribution in [3.8, 4) is 0 Å². The van der Waals surface area contributed by atoms with E-state index in [1.165, 1.54) is 4.68 Å². The van der Waals surface area contributed by atoms with E-state index in [0.717, 1.165) is 4.47 Å². The van der Waals surface area contributed by atoms with E-state index < -0.39 is 0 Å². The Morgan fingerprint density at radius 1 is 1.53 bits per heavy atom. The van der Waals surface area contributed by atoms with Crippen molar-refractivity contribution >= 4 is 44.8 Å². The van der Waals surface area contributed by atoms with Gasteiger partial charge in [-0.2, -0.15) is 5.10 Å². The molecule has 0 aliphatic heterocycles. The molecule has 0 radical (unpaired) electrons. The molecule has 5 nitrogen and oxygen atoms in total. The fourth-order valence-electron chi connectivity index (χ4n) is 1.72. The summed E-state index contributed by atoms with van der Waals surface area (Å²) in [6.07, 6.45) is 0. The zero-order valence-electron chi connectivity index (χ0n) is 10.4. The summed E-state index contributed by atoms with van der Waals surface area (Å²) in [7, 11) is 1.67. The van der Waals surface area contributed by atoms with Gasteiger partial charge >= 0.3 is 0 Å². The number of rotatable bonds is 2. The number of benzene rings is 1. The van der Waals surface area contributed by atoms with Crippen LogP contribution in [0.4, 0.5) is 11.4 Å². The first-order valence-corrected chi connectivity index (χ1v) is 6.62. The number of hydrogen-bond donors (Lipinski definition) is 2. The van der Waals surface area contributed by atoms with E-state index in [-0.39, 0.29) is 5.91 Å². The molecule has 2 rings (SSSR count). The highest BCUT2D eigenvalue weighted by atomic mass is 79.9. The SMILES string of the molecule is Cc1nn(C)c(C(=O)Nc2cc(Br)ccc2Cl)c1N. The van der Waals surface area contributed by atoms with Crippen molar-refractivity contribution in [1.29, 1.82) is 0 Å². The van der Waals surface area contributed by atoms with E-state index in [1.807, 2.05) is 0 Å². The van der Waals surface area contributed by atoms with Gasteiger partial charge in [0.15, 0.2) is 0 Å². The third-order valence-electron chi connectivity index (χ3n) is 2.66. The summed E-state index contributed by atoms with van der Waals surface area (Å²) in [4.78, 5) is 12.2. The van der Waals surface area contributed by atoms with Crippen molar-refractivity contribution in [2.45, 2.75) is 6.92 Å². The molecule has 100 valence electrons. The lowest BCUT2D eigenvalue weighted by Crippen LogP contribution is -2.17. The second-order valence-electron chi connectivity index (χ2n) is 4.05. The highest BCUT2D eigenvalue weighted by Gasteiger charge is 2.18. The second-order valence-corrected chi connectivity index (χ2v) is 5.37. The minimum atomic E-state index is -0.347. The molecule has 0 fully saturated rings. The smallest absolute Gasteiger partial charge is 0.276 e.